The molecule has 0 aliphatic heterocycles. The van der Waals surface area contributed by atoms with E-state index in [0.29, 0.717) is 6.42 Å². The third-order valence-corrected chi connectivity index (χ3v) is 4.15. The summed E-state index contributed by atoms with van der Waals surface area (Å²) in [6, 6.07) is 7.70. The number of likely N-dealkylation sites (N-methyl/N-ethyl adjacent to an activating group) is 1. The highest BCUT2D eigenvalue weighted by molar-refractivity contribution is 7.99. The molecule has 106 valence electrons. The molecular weight excluding hydrogens is 282 g/mol. The van der Waals surface area contributed by atoms with Gasteiger partial charge in [0.25, 0.3) is 0 Å². The van der Waals surface area contributed by atoms with Gasteiger partial charge in [-0.25, -0.2) is 0 Å². The number of esters is 1. The van der Waals surface area contributed by atoms with Crippen LogP contribution in [0.15, 0.2) is 29.2 Å². The van der Waals surface area contributed by atoms with Crippen LogP contribution in [-0.4, -0.2) is 30.9 Å². The molecule has 1 aromatic carbocycles. The second-order valence-corrected chi connectivity index (χ2v) is 6.01. The second kappa shape index (κ2) is 7.78. The van der Waals surface area contributed by atoms with E-state index in [-0.39, 0.29) is 5.97 Å². The fourth-order valence-electron chi connectivity index (χ4n) is 1.78. The van der Waals surface area contributed by atoms with E-state index in [4.69, 9.17) is 16.3 Å². The summed E-state index contributed by atoms with van der Waals surface area (Å²) in [4.78, 5) is 12.9. The van der Waals surface area contributed by atoms with Gasteiger partial charge in [-0.15, -0.1) is 11.8 Å². The Balaban J connectivity index is 2.52. The SMILES string of the molecule is CCNC(C)(CCSc1ccc(Cl)cc1)C(=O)OC. The van der Waals surface area contributed by atoms with E-state index < -0.39 is 5.54 Å². The van der Waals surface area contributed by atoms with E-state index >= 15 is 0 Å². The van der Waals surface area contributed by atoms with Gasteiger partial charge in [0.2, 0.25) is 0 Å². The van der Waals surface area contributed by atoms with Crippen LogP contribution in [0.1, 0.15) is 20.3 Å². The molecule has 0 radical (unpaired) electrons. The van der Waals surface area contributed by atoms with Gasteiger partial charge in [-0.05, 0) is 44.2 Å². The van der Waals surface area contributed by atoms with Crippen LogP contribution in [0.5, 0.6) is 0 Å². The van der Waals surface area contributed by atoms with Gasteiger partial charge < -0.3 is 10.1 Å². The van der Waals surface area contributed by atoms with Gasteiger partial charge >= 0.3 is 5.97 Å². The molecule has 0 amide bonds. The number of methoxy groups -OCH3 is 1. The van der Waals surface area contributed by atoms with Crippen molar-refractivity contribution in [2.75, 3.05) is 19.4 Å². The Morgan fingerprint density at radius 2 is 2.05 bits per heavy atom. The monoisotopic (exact) mass is 301 g/mol. The first-order valence-corrected chi connectivity index (χ1v) is 7.60. The number of nitrogens with one attached hydrogen (secondary N) is 1. The molecule has 0 heterocycles. The number of hydrogen-bond acceptors (Lipinski definition) is 4. The van der Waals surface area contributed by atoms with Crippen LogP contribution in [0.3, 0.4) is 0 Å². The van der Waals surface area contributed by atoms with Gasteiger partial charge in [-0.2, -0.15) is 0 Å². The molecular formula is C14H20ClNO2S. The summed E-state index contributed by atoms with van der Waals surface area (Å²) in [6.45, 7) is 4.59. The van der Waals surface area contributed by atoms with Gasteiger partial charge in [-0.3, -0.25) is 4.79 Å². The summed E-state index contributed by atoms with van der Waals surface area (Å²) in [7, 11) is 1.42. The number of halogens is 1. The van der Waals surface area contributed by atoms with E-state index in [1.807, 2.05) is 38.1 Å². The molecule has 5 heteroatoms. The smallest absolute Gasteiger partial charge is 0.325 e. The van der Waals surface area contributed by atoms with Crippen LogP contribution in [0, 0.1) is 0 Å². The molecule has 1 aromatic rings. The molecule has 0 aliphatic rings. The molecule has 0 aliphatic carbocycles. The van der Waals surface area contributed by atoms with Gasteiger partial charge in [0, 0.05) is 15.7 Å². The van der Waals surface area contributed by atoms with Crippen molar-refractivity contribution in [2.24, 2.45) is 0 Å². The Labute approximate surface area is 124 Å². The fraction of sp³-hybridized carbons (Fsp3) is 0.500. The molecule has 1 N–H and O–H groups in total. The van der Waals surface area contributed by atoms with Crippen LogP contribution in [0.2, 0.25) is 5.02 Å². The summed E-state index contributed by atoms with van der Waals surface area (Å²) in [5.41, 5.74) is -0.622. The van der Waals surface area contributed by atoms with Crippen molar-refractivity contribution < 1.29 is 9.53 Å². The third-order valence-electron chi connectivity index (χ3n) is 2.89. The Morgan fingerprint density at radius 3 is 2.58 bits per heavy atom. The van der Waals surface area contributed by atoms with E-state index in [2.05, 4.69) is 5.32 Å². The van der Waals surface area contributed by atoms with Crippen LogP contribution >= 0.6 is 23.4 Å². The third kappa shape index (κ3) is 5.05. The Hall–Kier alpha value is -0.710. The zero-order chi connectivity index (χ0) is 14.3. The Bertz CT molecular complexity index is 410. The predicted octanol–water partition coefficient (Wildman–Crippen LogP) is 3.36. The number of thioether (sulfide) groups is 1. The molecule has 1 unspecified atom stereocenters. The molecule has 1 atom stereocenters. The highest BCUT2D eigenvalue weighted by atomic mass is 35.5. The van der Waals surface area contributed by atoms with Crippen LogP contribution < -0.4 is 5.32 Å². The molecule has 0 saturated heterocycles. The topological polar surface area (TPSA) is 38.3 Å². The minimum absolute atomic E-state index is 0.217. The normalized spacial score (nSPS) is 13.9. The lowest BCUT2D eigenvalue weighted by atomic mass is 9.99. The van der Waals surface area contributed by atoms with Crippen molar-refractivity contribution in [2.45, 2.75) is 30.7 Å². The standard InChI is InChI=1S/C14H20ClNO2S/c1-4-16-14(2,13(17)18-3)9-10-19-12-7-5-11(15)6-8-12/h5-8,16H,4,9-10H2,1-3H3. The van der Waals surface area contributed by atoms with Crippen molar-refractivity contribution in [3.05, 3.63) is 29.3 Å². The summed E-state index contributed by atoms with van der Waals surface area (Å²) in [5.74, 6) is 0.617. The quantitative estimate of drug-likeness (QED) is 0.619. The lowest BCUT2D eigenvalue weighted by Gasteiger charge is -2.27. The summed E-state index contributed by atoms with van der Waals surface area (Å²) in [6.07, 6.45) is 0.709. The summed E-state index contributed by atoms with van der Waals surface area (Å²) in [5, 5.41) is 3.93. The first-order chi connectivity index (χ1) is 9.01. The summed E-state index contributed by atoms with van der Waals surface area (Å²) >= 11 is 7.54. The maximum absolute atomic E-state index is 11.8. The van der Waals surface area contributed by atoms with E-state index in [0.717, 1.165) is 22.2 Å². The number of hydrogen-bond donors (Lipinski definition) is 1. The molecule has 3 nitrogen and oxygen atoms in total. The zero-order valence-electron chi connectivity index (χ0n) is 11.5. The van der Waals surface area contributed by atoms with Crippen LogP contribution in [0.25, 0.3) is 0 Å². The van der Waals surface area contributed by atoms with Crippen LogP contribution in [0.4, 0.5) is 0 Å². The van der Waals surface area contributed by atoms with Gasteiger partial charge in [0.15, 0.2) is 0 Å². The van der Waals surface area contributed by atoms with Crippen molar-refractivity contribution in [3.8, 4) is 0 Å². The Morgan fingerprint density at radius 1 is 1.42 bits per heavy atom. The zero-order valence-corrected chi connectivity index (χ0v) is 13.1. The number of ether oxygens (including phenoxy) is 1. The fourth-order valence-corrected chi connectivity index (χ4v) is 2.98. The Kier molecular flexibility index (Phi) is 6.69. The van der Waals surface area contributed by atoms with Crippen molar-refractivity contribution >= 4 is 29.3 Å². The number of benzene rings is 1. The van der Waals surface area contributed by atoms with Gasteiger partial charge in [0.1, 0.15) is 5.54 Å². The highest BCUT2D eigenvalue weighted by Crippen LogP contribution is 2.24. The molecule has 0 aromatic heterocycles. The second-order valence-electron chi connectivity index (χ2n) is 4.41. The highest BCUT2D eigenvalue weighted by Gasteiger charge is 2.32. The van der Waals surface area contributed by atoms with E-state index in [9.17, 15) is 4.79 Å². The number of carbonyl (C=O) groups excluding carboxylic acids is 1. The van der Waals surface area contributed by atoms with Crippen LogP contribution in [-0.2, 0) is 9.53 Å². The average Bonchev–Trinajstić information content (AvgIpc) is 2.40. The maximum Gasteiger partial charge on any atom is 0.325 e. The molecule has 0 bridgehead atoms. The molecule has 0 saturated carbocycles. The van der Waals surface area contributed by atoms with Crippen molar-refractivity contribution in [1.29, 1.82) is 0 Å². The van der Waals surface area contributed by atoms with E-state index in [1.54, 1.807) is 11.8 Å². The largest absolute Gasteiger partial charge is 0.468 e. The van der Waals surface area contributed by atoms with Gasteiger partial charge in [-0.1, -0.05) is 18.5 Å². The first-order valence-electron chi connectivity index (χ1n) is 6.23. The predicted molar refractivity (Wildman–Crippen MR) is 80.9 cm³/mol. The molecule has 19 heavy (non-hydrogen) atoms. The minimum Gasteiger partial charge on any atom is -0.468 e. The van der Waals surface area contributed by atoms with Gasteiger partial charge in [0.05, 0.1) is 7.11 Å². The average molecular weight is 302 g/mol. The van der Waals surface area contributed by atoms with E-state index in [1.165, 1.54) is 7.11 Å². The molecule has 0 fully saturated rings. The number of carbonyl (C=O) groups is 1. The lowest BCUT2D eigenvalue weighted by Crippen LogP contribution is -2.50. The minimum atomic E-state index is -0.622. The van der Waals surface area contributed by atoms with Crippen molar-refractivity contribution in [1.82, 2.24) is 5.32 Å². The first kappa shape index (κ1) is 16.3. The maximum atomic E-state index is 11.8. The molecule has 0 spiro atoms. The molecule has 1 rings (SSSR count). The lowest BCUT2D eigenvalue weighted by molar-refractivity contribution is -0.147. The summed E-state index contributed by atoms with van der Waals surface area (Å²) < 4.78 is 4.86. The number of rotatable bonds is 7. The van der Waals surface area contributed by atoms with Crippen molar-refractivity contribution in [3.63, 3.8) is 0 Å².